The van der Waals surface area contributed by atoms with Crippen molar-refractivity contribution in [3.05, 3.63) is 53.6 Å². The lowest BCUT2D eigenvalue weighted by molar-refractivity contribution is -0.152. The molecule has 0 spiro atoms. The average Bonchev–Trinajstić information content (AvgIpc) is 3.20. The molecule has 0 fully saturated rings. The Morgan fingerprint density at radius 1 is 1.07 bits per heavy atom. The van der Waals surface area contributed by atoms with E-state index in [4.69, 9.17) is 14.2 Å². The molecule has 1 heterocycles. The molecule has 2 aromatic carbocycles. The molecular weight excluding hydrogens is 376 g/mol. The van der Waals surface area contributed by atoms with E-state index in [0.717, 1.165) is 12.0 Å². The molecule has 0 saturated heterocycles. The predicted molar refractivity (Wildman–Crippen MR) is 105 cm³/mol. The van der Waals surface area contributed by atoms with E-state index in [-0.39, 0.29) is 13.3 Å². The minimum absolute atomic E-state index is 0.107. The predicted octanol–water partition coefficient (Wildman–Crippen LogP) is 2.28. The second-order valence-corrected chi connectivity index (χ2v) is 6.42. The number of rotatable bonds is 7. The third-order valence-corrected chi connectivity index (χ3v) is 4.34. The minimum Gasteiger partial charge on any atom is -0.454 e. The highest BCUT2D eigenvalue weighted by Gasteiger charge is 2.20. The Hall–Kier alpha value is -3.55. The van der Waals surface area contributed by atoms with Crippen molar-refractivity contribution in [2.24, 2.45) is 0 Å². The molecule has 8 heteroatoms. The second kappa shape index (κ2) is 9.09. The standard InChI is InChI=1S/C21H22N2O6/c1-3-14-4-7-16(8-5-14)23-20(25)13(2)29-19(24)11-22-21(26)15-6-9-17-18(10-15)28-12-27-17/h4-10,13H,3,11-12H2,1-2H3,(H,22,26)(H,23,25)/t13-/m0/s1. The van der Waals surface area contributed by atoms with Crippen LogP contribution in [0.2, 0.25) is 0 Å². The lowest BCUT2D eigenvalue weighted by Gasteiger charge is -2.14. The van der Waals surface area contributed by atoms with E-state index in [9.17, 15) is 14.4 Å². The summed E-state index contributed by atoms with van der Waals surface area (Å²) >= 11 is 0. The van der Waals surface area contributed by atoms with E-state index in [2.05, 4.69) is 10.6 Å². The van der Waals surface area contributed by atoms with Gasteiger partial charge >= 0.3 is 5.97 Å². The highest BCUT2D eigenvalue weighted by Crippen LogP contribution is 2.32. The van der Waals surface area contributed by atoms with Gasteiger partial charge in [0.25, 0.3) is 11.8 Å². The van der Waals surface area contributed by atoms with Gasteiger partial charge in [-0.05, 0) is 49.2 Å². The van der Waals surface area contributed by atoms with Crippen molar-refractivity contribution in [3.63, 3.8) is 0 Å². The van der Waals surface area contributed by atoms with Gasteiger partial charge in [-0.15, -0.1) is 0 Å². The van der Waals surface area contributed by atoms with Crippen molar-refractivity contribution in [3.8, 4) is 11.5 Å². The molecule has 2 N–H and O–H groups in total. The zero-order valence-corrected chi connectivity index (χ0v) is 16.2. The summed E-state index contributed by atoms with van der Waals surface area (Å²) in [6, 6.07) is 12.1. The first kappa shape index (κ1) is 20.2. The highest BCUT2D eigenvalue weighted by atomic mass is 16.7. The summed E-state index contributed by atoms with van der Waals surface area (Å²) in [5.74, 6) is -0.608. The van der Waals surface area contributed by atoms with Crippen LogP contribution in [-0.4, -0.2) is 37.2 Å². The molecular formula is C21H22N2O6. The van der Waals surface area contributed by atoms with E-state index < -0.39 is 23.9 Å². The summed E-state index contributed by atoms with van der Waals surface area (Å²) in [7, 11) is 0. The molecule has 0 aliphatic carbocycles. The van der Waals surface area contributed by atoms with Gasteiger partial charge in [0, 0.05) is 11.3 Å². The molecule has 0 unspecified atom stereocenters. The number of anilines is 1. The Bertz CT molecular complexity index is 910. The molecule has 1 atom stereocenters. The fraction of sp³-hybridized carbons (Fsp3) is 0.286. The van der Waals surface area contributed by atoms with Crippen LogP contribution >= 0.6 is 0 Å². The van der Waals surface area contributed by atoms with Gasteiger partial charge in [-0.25, -0.2) is 0 Å². The number of amides is 2. The fourth-order valence-electron chi connectivity index (χ4n) is 2.65. The summed E-state index contributed by atoms with van der Waals surface area (Å²) in [5, 5.41) is 5.14. The minimum atomic E-state index is -1.00. The van der Waals surface area contributed by atoms with Crippen LogP contribution in [0.25, 0.3) is 0 Å². The zero-order valence-electron chi connectivity index (χ0n) is 16.2. The lowest BCUT2D eigenvalue weighted by Crippen LogP contribution is -2.35. The first-order valence-electron chi connectivity index (χ1n) is 9.23. The number of hydrogen-bond donors (Lipinski definition) is 2. The highest BCUT2D eigenvalue weighted by molar-refractivity contribution is 5.97. The quantitative estimate of drug-likeness (QED) is 0.694. The van der Waals surface area contributed by atoms with Crippen molar-refractivity contribution in [2.75, 3.05) is 18.7 Å². The van der Waals surface area contributed by atoms with Crippen LogP contribution in [0.15, 0.2) is 42.5 Å². The Kier molecular flexibility index (Phi) is 6.33. The van der Waals surface area contributed by atoms with Gasteiger partial charge in [-0.3, -0.25) is 14.4 Å². The van der Waals surface area contributed by atoms with Gasteiger partial charge in [-0.1, -0.05) is 19.1 Å². The molecule has 0 saturated carbocycles. The largest absolute Gasteiger partial charge is 0.454 e. The van der Waals surface area contributed by atoms with Gasteiger partial charge in [0.1, 0.15) is 6.54 Å². The Morgan fingerprint density at radius 2 is 1.79 bits per heavy atom. The molecule has 29 heavy (non-hydrogen) atoms. The zero-order chi connectivity index (χ0) is 20.8. The fourth-order valence-corrected chi connectivity index (χ4v) is 2.65. The molecule has 8 nitrogen and oxygen atoms in total. The topological polar surface area (TPSA) is 103 Å². The van der Waals surface area contributed by atoms with Crippen molar-refractivity contribution in [1.82, 2.24) is 5.32 Å². The lowest BCUT2D eigenvalue weighted by atomic mass is 10.1. The Balaban J connectivity index is 1.45. The van der Waals surface area contributed by atoms with Gasteiger partial charge in [0.2, 0.25) is 6.79 Å². The summed E-state index contributed by atoms with van der Waals surface area (Å²) < 4.78 is 15.5. The van der Waals surface area contributed by atoms with E-state index in [1.807, 2.05) is 19.1 Å². The number of nitrogens with one attached hydrogen (secondary N) is 2. The average molecular weight is 398 g/mol. The van der Waals surface area contributed by atoms with Crippen molar-refractivity contribution < 1.29 is 28.6 Å². The monoisotopic (exact) mass is 398 g/mol. The molecule has 152 valence electrons. The van der Waals surface area contributed by atoms with Crippen LogP contribution in [0.4, 0.5) is 5.69 Å². The van der Waals surface area contributed by atoms with Crippen LogP contribution in [0.3, 0.4) is 0 Å². The number of fused-ring (bicyclic) bond motifs is 1. The number of ether oxygens (including phenoxy) is 3. The van der Waals surface area contributed by atoms with Crippen molar-refractivity contribution in [2.45, 2.75) is 26.4 Å². The van der Waals surface area contributed by atoms with E-state index in [1.165, 1.54) is 13.0 Å². The molecule has 2 amide bonds. The van der Waals surface area contributed by atoms with Crippen LogP contribution < -0.4 is 20.1 Å². The van der Waals surface area contributed by atoms with Gasteiger partial charge < -0.3 is 24.8 Å². The summed E-state index contributed by atoms with van der Waals surface area (Å²) in [6.45, 7) is 3.25. The van der Waals surface area contributed by atoms with E-state index in [1.54, 1.807) is 24.3 Å². The second-order valence-electron chi connectivity index (χ2n) is 6.42. The maximum Gasteiger partial charge on any atom is 0.326 e. The van der Waals surface area contributed by atoms with Crippen LogP contribution in [-0.2, 0) is 20.7 Å². The molecule has 0 bridgehead atoms. The normalized spacial score (nSPS) is 12.8. The number of esters is 1. The first-order valence-corrected chi connectivity index (χ1v) is 9.23. The van der Waals surface area contributed by atoms with Gasteiger partial charge in [-0.2, -0.15) is 0 Å². The number of carbonyl (C=O) groups is 3. The third-order valence-electron chi connectivity index (χ3n) is 4.34. The van der Waals surface area contributed by atoms with E-state index in [0.29, 0.717) is 22.7 Å². The Morgan fingerprint density at radius 3 is 2.52 bits per heavy atom. The molecule has 1 aliphatic heterocycles. The molecule has 3 rings (SSSR count). The molecule has 1 aliphatic rings. The first-order chi connectivity index (χ1) is 14.0. The number of carbonyl (C=O) groups excluding carboxylic acids is 3. The number of aryl methyl sites for hydroxylation is 1. The SMILES string of the molecule is CCc1ccc(NC(=O)[C@H](C)OC(=O)CNC(=O)c2ccc3c(c2)OCO3)cc1. The smallest absolute Gasteiger partial charge is 0.326 e. The van der Waals surface area contributed by atoms with Crippen molar-refractivity contribution >= 4 is 23.5 Å². The van der Waals surface area contributed by atoms with Crippen LogP contribution in [0.1, 0.15) is 29.8 Å². The van der Waals surface area contributed by atoms with Crippen molar-refractivity contribution in [1.29, 1.82) is 0 Å². The van der Waals surface area contributed by atoms with E-state index >= 15 is 0 Å². The maximum absolute atomic E-state index is 12.2. The number of benzene rings is 2. The molecule has 0 aromatic heterocycles. The molecule has 2 aromatic rings. The van der Waals surface area contributed by atoms with Gasteiger partial charge in [0.15, 0.2) is 17.6 Å². The Labute approximate surface area is 168 Å². The van der Waals surface area contributed by atoms with Crippen LogP contribution in [0.5, 0.6) is 11.5 Å². The third kappa shape index (κ3) is 5.25. The summed E-state index contributed by atoms with van der Waals surface area (Å²) in [6.07, 6.45) is -0.101. The van der Waals surface area contributed by atoms with Gasteiger partial charge in [0.05, 0.1) is 0 Å². The molecule has 0 radical (unpaired) electrons. The summed E-state index contributed by atoms with van der Waals surface area (Å²) in [4.78, 5) is 36.3. The number of hydrogen-bond acceptors (Lipinski definition) is 6. The summed E-state index contributed by atoms with van der Waals surface area (Å²) in [5.41, 5.74) is 2.09. The maximum atomic E-state index is 12.2. The van der Waals surface area contributed by atoms with Crippen LogP contribution in [0, 0.1) is 0 Å².